The maximum atomic E-state index is 6.06. The first-order valence-corrected chi connectivity index (χ1v) is 10.7. The van der Waals surface area contributed by atoms with E-state index in [4.69, 9.17) is 21.1 Å². The van der Waals surface area contributed by atoms with Crippen molar-refractivity contribution in [3.8, 4) is 17.2 Å². The number of anilines is 3. The van der Waals surface area contributed by atoms with E-state index in [1.54, 1.807) is 18.5 Å². The summed E-state index contributed by atoms with van der Waals surface area (Å²) in [6, 6.07) is 19.0. The minimum Gasteiger partial charge on any atom is -0.489 e. The van der Waals surface area contributed by atoms with Crippen LogP contribution < -0.4 is 19.7 Å². The van der Waals surface area contributed by atoms with Gasteiger partial charge in [-0.2, -0.15) is 0 Å². The van der Waals surface area contributed by atoms with Crippen molar-refractivity contribution in [2.24, 2.45) is 0 Å². The highest BCUT2D eigenvalue weighted by Gasteiger charge is 2.22. The summed E-state index contributed by atoms with van der Waals surface area (Å²) in [6.45, 7) is 6.04. The molecule has 160 valence electrons. The molecular formula is C25H21ClN4O2. The molecule has 6 nitrogen and oxygen atoms in total. The fraction of sp³-hybridized carbons (Fsp3) is 0.120. The number of nitrogens with one attached hydrogen (secondary N) is 1. The summed E-state index contributed by atoms with van der Waals surface area (Å²) in [5.74, 6) is 2.94. The zero-order valence-corrected chi connectivity index (χ0v) is 18.0. The first-order chi connectivity index (χ1) is 15.7. The second-order valence-corrected chi connectivity index (χ2v) is 7.76. The summed E-state index contributed by atoms with van der Waals surface area (Å²) >= 11 is 5.93. The van der Waals surface area contributed by atoms with E-state index < -0.39 is 0 Å². The summed E-state index contributed by atoms with van der Waals surface area (Å²) in [5, 5.41) is 4.93. The lowest BCUT2D eigenvalue weighted by Gasteiger charge is -2.31. The molecule has 1 N–H and O–H groups in total. The molecule has 7 heteroatoms. The van der Waals surface area contributed by atoms with Crippen molar-refractivity contribution in [3.05, 3.63) is 84.7 Å². The second-order valence-electron chi connectivity index (χ2n) is 7.32. The molecule has 0 amide bonds. The fourth-order valence-corrected chi connectivity index (χ4v) is 3.83. The van der Waals surface area contributed by atoms with E-state index in [0.29, 0.717) is 17.4 Å². The van der Waals surface area contributed by atoms with Gasteiger partial charge in [0.05, 0.1) is 23.1 Å². The molecule has 1 aliphatic heterocycles. The Balaban J connectivity index is 1.43. The van der Waals surface area contributed by atoms with Crippen molar-refractivity contribution in [2.45, 2.75) is 0 Å². The van der Waals surface area contributed by atoms with E-state index >= 15 is 0 Å². The SMILES string of the molecule is C=CCN1CCOc2c1ccc1ncnc(Nc3ccc(Oc4ccc(Cl)cc4)cc3)c21. The maximum Gasteiger partial charge on any atom is 0.155 e. The van der Waals surface area contributed by atoms with Gasteiger partial charge in [-0.05, 0) is 60.7 Å². The Bertz CT molecular complexity index is 1260. The van der Waals surface area contributed by atoms with Crippen LogP contribution in [0.15, 0.2) is 79.6 Å². The largest absolute Gasteiger partial charge is 0.489 e. The Morgan fingerprint density at radius 3 is 2.53 bits per heavy atom. The highest BCUT2D eigenvalue weighted by molar-refractivity contribution is 6.30. The number of hydrogen-bond donors (Lipinski definition) is 1. The van der Waals surface area contributed by atoms with Crippen molar-refractivity contribution in [2.75, 3.05) is 29.9 Å². The smallest absolute Gasteiger partial charge is 0.155 e. The predicted molar refractivity (Wildman–Crippen MR) is 129 cm³/mol. The summed E-state index contributed by atoms with van der Waals surface area (Å²) in [4.78, 5) is 11.2. The maximum absolute atomic E-state index is 6.06. The number of nitrogens with zero attached hydrogens (tertiary/aromatic N) is 3. The number of rotatable bonds is 6. The third-order valence-electron chi connectivity index (χ3n) is 5.20. The van der Waals surface area contributed by atoms with E-state index in [-0.39, 0.29) is 0 Å². The Hall–Kier alpha value is -3.77. The fourth-order valence-electron chi connectivity index (χ4n) is 3.71. The standard InChI is InChI=1S/C25H21ClN4O2/c1-2-13-30-14-15-31-24-22(30)12-11-21-23(24)25(28-16-27-21)29-18-5-9-20(10-6-18)32-19-7-3-17(26)4-8-19/h2-12,16H,1,13-15H2,(H,27,28,29). The summed E-state index contributed by atoms with van der Waals surface area (Å²) in [6.07, 6.45) is 3.45. The Morgan fingerprint density at radius 2 is 1.78 bits per heavy atom. The van der Waals surface area contributed by atoms with Crippen molar-refractivity contribution in [1.82, 2.24) is 9.97 Å². The lowest BCUT2D eigenvalue weighted by molar-refractivity contribution is 0.313. The van der Waals surface area contributed by atoms with Gasteiger partial charge in [0.2, 0.25) is 0 Å². The molecule has 0 unspecified atom stereocenters. The summed E-state index contributed by atoms with van der Waals surface area (Å²) in [5.41, 5.74) is 2.72. The van der Waals surface area contributed by atoms with Gasteiger partial charge in [-0.15, -0.1) is 6.58 Å². The van der Waals surface area contributed by atoms with Crippen molar-refractivity contribution < 1.29 is 9.47 Å². The third kappa shape index (κ3) is 4.05. The Labute approximate surface area is 191 Å². The molecule has 0 atom stereocenters. The number of benzene rings is 3. The number of aromatic nitrogens is 2. The lowest BCUT2D eigenvalue weighted by atomic mass is 10.1. The zero-order valence-electron chi connectivity index (χ0n) is 17.3. The number of hydrogen-bond acceptors (Lipinski definition) is 6. The minimum absolute atomic E-state index is 0.602. The quantitative estimate of drug-likeness (QED) is 0.357. The molecule has 0 aliphatic carbocycles. The van der Waals surface area contributed by atoms with Gasteiger partial charge in [-0.1, -0.05) is 17.7 Å². The number of fused-ring (bicyclic) bond motifs is 3. The monoisotopic (exact) mass is 444 g/mol. The molecule has 0 spiro atoms. The molecule has 0 radical (unpaired) electrons. The van der Waals surface area contributed by atoms with Crippen LogP contribution in [-0.4, -0.2) is 29.7 Å². The highest BCUT2D eigenvalue weighted by Crippen LogP contribution is 2.41. The van der Waals surface area contributed by atoms with Crippen LogP contribution in [0.25, 0.3) is 10.9 Å². The molecule has 0 fully saturated rings. The van der Waals surface area contributed by atoms with Crippen molar-refractivity contribution in [3.63, 3.8) is 0 Å². The molecule has 0 bridgehead atoms. The molecule has 1 aliphatic rings. The summed E-state index contributed by atoms with van der Waals surface area (Å²) < 4.78 is 11.9. The van der Waals surface area contributed by atoms with Crippen LogP contribution in [0.2, 0.25) is 5.02 Å². The van der Waals surface area contributed by atoms with Gasteiger partial charge in [-0.25, -0.2) is 9.97 Å². The van der Waals surface area contributed by atoms with E-state index in [1.807, 2.05) is 54.6 Å². The Kier molecular flexibility index (Phi) is 5.52. The van der Waals surface area contributed by atoms with Gasteiger partial charge < -0.3 is 19.7 Å². The van der Waals surface area contributed by atoms with Gasteiger partial charge in [0.15, 0.2) is 5.75 Å². The average molecular weight is 445 g/mol. The van der Waals surface area contributed by atoms with Gasteiger partial charge in [0, 0.05) is 17.3 Å². The third-order valence-corrected chi connectivity index (χ3v) is 5.45. The number of halogens is 1. The summed E-state index contributed by atoms with van der Waals surface area (Å²) in [7, 11) is 0. The molecule has 4 aromatic rings. The molecule has 5 rings (SSSR count). The van der Waals surface area contributed by atoms with E-state index in [2.05, 4.69) is 26.8 Å². The van der Waals surface area contributed by atoms with Gasteiger partial charge in [0.25, 0.3) is 0 Å². The molecule has 0 saturated heterocycles. The van der Waals surface area contributed by atoms with Gasteiger partial charge in [-0.3, -0.25) is 0 Å². The Morgan fingerprint density at radius 1 is 1.03 bits per heavy atom. The second kappa shape index (κ2) is 8.77. The van der Waals surface area contributed by atoms with Gasteiger partial charge >= 0.3 is 0 Å². The van der Waals surface area contributed by atoms with E-state index in [1.165, 1.54) is 0 Å². The van der Waals surface area contributed by atoms with Crippen LogP contribution in [0, 0.1) is 0 Å². The van der Waals surface area contributed by atoms with E-state index in [9.17, 15) is 0 Å². The molecule has 3 aromatic carbocycles. The molecule has 32 heavy (non-hydrogen) atoms. The van der Waals surface area contributed by atoms with Gasteiger partial charge in [0.1, 0.15) is 30.3 Å². The topological polar surface area (TPSA) is 59.5 Å². The van der Waals surface area contributed by atoms with Crippen LogP contribution in [0.4, 0.5) is 17.2 Å². The van der Waals surface area contributed by atoms with Crippen molar-refractivity contribution in [1.29, 1.82) is 0 Å². The zero-order chi connectivity index (χ0) is 21.9. The molecule has 1 aromatic heterocycles. The van der Waals surface area contributed by atoms with E-state index in [0.717, 1.165) is 52.6 Å². The lowest BCUT2D eigenvalue weighted by Crippen LogP contribution is -2.32. The van der Waals surface area contributed by atoms with Crippen LogP contribution in [0.5, 0.6) is 17.2 Å². The van der Waals surface area contributed by atoms with Crippen LogP contribution >= 0.6 is 11.6 Å². The minimum atomic E-state index is 0.602. The predicted octanol–water partition coefficient (Wildman–Crippen LogP) is 6.20. The number of ether oxygens (including phenoxy) is 2. The average Bonchev–Trinajstić information content (AvgIpc) is 2.82. The van der Waals surface area contributed by atoms with Crippen molar-refractivity contribution >= 4 is 39.7 Å². The highest BCUT2D eigenvalue weighted by atomic mass is 35.5. The van der Waals surface area contributed by atoms with Crippen LogP contribution in [0.3, 0.4) is 0 Å². The first-order valence-electron chi connectivity index (χ1n) is 10.3. The molecular weight excluding hydrogens is 424 g/mol. The normalized spacial score (nSPS) is 12.7. The first kappa shape index (κ1) is 20.2. The molecule has 0 saturated carbocycles. The van der Waals surface area contributed by atoms with Crippen LogP contribution in [-0.2, 0) is 0 Å². The molecule has 2 heterocycles. The van der Waals surface area contributed by atoms with Crippen LogP contribution in [0.1, 0.15) is 0 Å².